The zero-order valence-electron chi connectivity index (χ0n) is 16.9. The van der Waals surface area contributed by atoms with E-state index in [4.69, 9.17) is 0 Å². The highest BCUT2D eigenvalue weighted by Crippen LogP contribution is 2.19. The maximum atomic E-state index is 13.7. The number of aromatic nitrogens is 4. The molecule has 1 amide bonds. The monoisotopic (exact) mass is 421 g/mol. The summed E-state index contributed by atoms with van der Waals surface area (Å²) in [6.07, 6.45) is 3.93. The standard InChI is InChI=1S/C23H21F2N5O/c1-15(19-5-2-3-11-26-19)28-22(31)10-9-21-29-20-6-4-12-27-23(20)30(21)14-16-7-8-17(24)18(25)13-16/h2-8,11-13,15H,9-10,14H2,1H3,(H,28,31)/t15-/m0/s1. The molecule has 1 atom stereocenters. The molecular formula is C23H21F2N5O. The third-order valence-corrected chi connectivity index (χ3v) is 4.99. The Balaban J connectivity index is 1.51. The van der Waals surface area contributed by atoms with E-state index < -0.39 is 11.6 Å². The molecule has 1 N–H and O–H groups in total. The summed E-state index contributed by atoms with van der Waals surface area (Å²) in [7, 11) is 0. The molecule has 0 saturated carbocycles. The van der Waals surface area contributed by atoms with Crippen molar-refractivity contribution in [2.24, 2.45) is 0 Å². The Hall–Kier alpha value is -3.68. The number of imidazole rings is 1. The minimum absolute atomic E-state index is 0.127. The van der Waals surface area contributed by atoms with Gasteiger partial charge in [0.25, 0.3) is 0 Å². The molecular weight excluding hydrogens is 400 g/mol. The predicted molar refractivity (Wildman–Crippen MR) is 112 cm³/mol. The highest BCUT2D eigenvalue weighted by Gasteiger charge is 2.16. The molecule has 0 aliphatic rings. The van der Waals surface area contributed by atoms with E-state index in [9.17, 15) is 13.6 Å². The van der Waals surface area contributed by atoms with E-state index >= 15 is 0 Å². The molecule has 1 aromatic carbocycles. The van der Waals surface area contributed by atoms with Gasteiger partial charge in [-0.05, 0) is 48.9 Å². The average molecular weight is 421 g/mol. The fraction of sp³-hybridized carbons (Fsp3) is 0.217. The number of pyridine rings is 2. The van der Waals surface area contributed by atoms with E-state index in [2.05, 4.69) is 20.3 Å². The summed E-state index contributed by atoms with van der Waals surface area (Å²) in [5, 5.41) is 2.94. The zero-order chi connectivity index (χ0) is 21.8. The molecule has 0 saturated heterocycles. The second-order valence-corrected chi connectivity index (χ2v) is 7.25. The number of halogens is 2. The lowest BCUT2D eigenvalue weighted by atomic mass is 10.2. The van der Waals surface area contributed by atoms with E-state index in [1.54, 1.807) is 18.5 Å². The van der Waals surface area contributed by atoms with Crippen molar-refractivity contribution in [3.63, 3.8) is 0 Å². The van der Waals surface area contributed by atoms with Gasteiger partial charge in [0.2, 0.25) is 5.91 Å². The molecule has 0 aliphatic heterocycles. The number of nitrogens with zero attached hydrogens (tertiary/aromatic N) is 4. The van der Waals surface area contributed by atoms with Crippen molar-refractivity contribution in [2.75, 3.05) is 0 Å². The second-order valence-electron chi connectivity index (χ2n) is 7.25. The van der Waals surface area contributed by atoms with E-state index in [1.165, 1.54) is 6.07 Å². The Morgan fingerprint density at radius 2 is 1.90 bits per heavy atom. The van der Waals surface area contributed by atoms with Crippen LogP contribution in [0.25, 0.3) is 11.2 Å². The number of nitrogens with one attached hydrogen (secondary N) is 1. The third kappa shape index (κ3) is 4.74. The summed E-state index contributed by atoms with van der Waals surface area (Å²) >= 11 is 0. The lowest BCUT2D eigenvalue weighted by Gasteiger charge is -2.13. The van der Waals surface area contributed by atoms with E-state index in [0.29, 0.717) is 29.0 Å². The van der Waals surface area contributed by atoms with Crippen molar-refractivity contribution in [2.45, 2.75) is 32.4 Å². The van der Waals surface area contributed by atoms with Crippen molar-refractivity contribution in [3.8, 4) is 0 Å². The molecule has 3 aromatic heterocycles. The molecule has 4 rings (SSSR count). The van der Waals surface area contributed by atoms with Crippen LogP contribution in [-0.2, 0) is 17.8 Å². The van der Waals surface area contributed by atoms with Crippen molar-refractivity contribution in [3.05, 3.63) is 89.6 Å². The summed E-state index contributed by atoms with van der Waals surface area (Å²) in [6, 6.07) is 12.7. The van der Waals surface area contributed by atoms with Gasteiger partial charge in [-0.15, -0.1) is 0 Å². The van der Waals surface area contributed by atoms with Crippen LogP contribution in [0.2, 0.25) is 0 Å². The summed E-state index contributed by atoms with van der Waals surface area (Å²) < 4.78 is 28.8. The maximum Gasteiger partial charge on any atom is 0.220 e. The van der Waals surface area contributed by atoms with Crippen molar-refractivity contribution in [1.29, 1.82) is 0 Å². The van der Waals surface area contributed by atoms with Crippen LogP contribution in [0.15, 0.2) is 60.9 Å². The van der Waals surface area contributed by atoms with Gasteiger partial charge >= 0.3 is 0 Å². The topological polar surface area (TPSA) is 72.7 Å². The van der Waals surface area contributed by atoms with Crippen LogP contribution < -0.4 is 5.32 Å². The van der Waals surface area contributed by atoms with Crippen LogP contribution >= 0.6 is 0 Å². The first-order valence-electron chi connectivity index (χ1n) is 9.95. The predicted octanol–water partition coefficient (Wildman–Crippen LogP) is 3.96. The average Bonchev–Trinajstić information content (AvgIpc) is 3.13. The zero-order valence-corrected chi connectivity index (χ0v) is 16.9. The Labute approximate surface area is 178 Å². The molecule has 158 valence electrons. The van der Waals surface area contributed by atoms with Crippen LogP contribution in [0.4, 0.5) is 8.78 Å². The van der Waals surface area contributed by atoms with Crippen LogP contribution in [-0.4, -0.2) is 25.4 Å². The summed E-state index contributed by atoms with van der Waals surface area (Å²) in [6.45, 7) is 2.15. The van der Waals surface area contributed by atoms with Crippen molar-refractivity contribution < 1.29 is 13.6 Å². The summed E-state index contributed by atoms with van der Waals surface area (Å²) in [4.78, 5) is 25.7. The van der Waals surface area contributed by atoms with Crippen LogP contribution in [0, 0.1) is 11.6 Å². The first kappa shape index (κ1) is 20.6. The molecule has 0 radical (unpaired) electrons. The molecule has 4 aromatic rings. The van der Waals surface area contributed by atoms with Crippen LogP contribution in [0.3, 0.4) is 0 Å². The van der Waals surface area contributed by atoms with E-state index in [1.807, 2.05) is 35.8 Å². The molecule has 31 heavy (non-hydrogen) atoms. The molecule has 0 fully saturated rings. The first-order valence-corrected chi connectivity index (χ1v) is 9.95. The van der Waals surface area contributed by atoms with E-state index in [-0.39, 0.29) is 24.9 Å². The van der Waals surface area contributed by atoms with Gasteiger partial charge in [0, 0.05) is 25.2 Å². The SMILES string of the molecule is C[C@H](NC(=O)CCc1nc2cccnc2n1Cc1ccc(F)c(F)c1)c1ccccn1. The summed E-state index contributed by atoms with van der Waals surface area (Å²) in [5.41, 5.74) is 2.68. The quantitative estimate of drug-likeness (QED) is 0.490. The first-order chi connectivity index (χ1) is 15.0. The molecule has 3 heterocycles. The minimum atomic E-state index is -0.903. The Morgan fingerprint density at radius 1 is 1.06 bits per heavy atom. The van der Waals surface area contributed by atoms with Gasteiger partial charge in [-0.1, -0.05) is 12.1 Å². The molecule has 6 nitrogen and oxygen atoms in total. The third-order valence-electron chi connectivity index (χ3n) is 4.99. The molecule has 0 aliphatic carbocycles. The largest absolute Gasteiger partial charge is 0.348 e. The fourth-order valence-corrected chi connectivity index (χ4v) is 3.43. The normalized spacial score (nSPS) is 12.1. The summed E-state index contributed by atoms with van der Waals surface area (Å²) in [5.74, 6) is -1.27. The fourth-order valence-electron chi connectivity index (χ4n) is 3.43. The number of carbonyl (C=O) groups is 1. The number of carbonyl (C=O) groups excluding carboxylic acids is 1. The van der Waals surface area contributed by atoms with Crippen molar-refractivity contribution >= 4 is 17.1 Å². The maximum absolute atomic E-state index is 13.7. The number of benzene rings is 1. The lowest BCUT2D eigenvalue weighted by molar-refractivity contribution is -0.121. The number of hydrogen-bond donors (Lipinski definition) is 1. The smallest absolute Gasteiger partial charge is 0.220 e. The second kappa shape index (κ2) is 8.99. The number of fused-ring (bicyclic) bond motifs is 1. The Kier molecular flexibility index (Phi) is 5.97. The Bertz CT molecular complexity index is 1210. The van der Waals surface area contributed by atoms with Gasteiger partial charge in [0.15, 0.2) is 17.3 Å². The molecule has 0 unspecified atom stereocenters. The highest BCUT2D eigenvalue weighted by atomic mass is 19.2. The van der Waals surface area contributed by atoms with Gasteiger partial charge < -0.3 is 9.88 Å². The number of hydrogen-bond acceptors (Lipinski definition) is 4. The lowest BCUT2D eigenvalue weighted by Crippen LogP contribution is -2.27. The van der Waals surface area contributed by atoms with Crippen LogP contribution in [0.1, 0.15) is 36.5 Å². The van der Waals surface area contributed by atoms with Gasteiger partial charge in [0.1, 0.15) is 11.3 Å². The highest BCUT2D eigenvalue weighted by molar-refractivity contribution is 5.77. The number of aryl methyl sites for hydroxylation is 1. The van der Waals surface area contributed by atoms with Crippen LogP contribution in [0.5, 0.6) is 0 Å². The molecule has 0 spiro atoms. The van der Waals surface area contributed by atoms with Crippen molar-refractivity contribution in [1.82, 2.24) is 24.8 Å². The van der Waals surface area contributed by atoms with Gasteiger partial charge in [-0.2, -0.15) is 0 Å². The minimum Gasteiger partial charge on any atom is -0.348 e. The van der Waals surface area contributed by atoms with E-state index in [0.717, 1.165) is 17.8 Å². The Morgan fingerprint density at radius 3 is 2.68 bits per heavy atom. The van der Waals surface area contributed by atoms with Gasteiger partial charge in [-0.25, -0.2) is 18.7 Å². The number of amides is 1. The number of rotatable bonds is 7. The van der Waals surface area contributed by atoms with Gasteiger partial charge in [0.05, 0.1) is 18.3 Å². The van der Waals surface area contributed by atoms with Gasteiger partial charge in [-0.3, -0.25) is 9.78 Å². The molecule has 8 heteroatoms. The molecule has 0 bridgehead atoms.